The number of aromatic nitrogens is 1. The number of amides is 1. The highest BCUT2D eigenvalue weighted by Gasteiger charge is 2.37. The highest BCUT2D eigenvalue weighted by atomic mass is 16.5. The summed E-state index contributed by atoms with van der Waals surface area (Å²) in [6.45, 7) is 1.47. The number of carbonyl (C=O) groups is 1. The molecular weight excluding hydrogens is 252 g/mol. The maximum absolute atomic E-state index is 12.4. The molecule has 0 aromatic carbocycles. The Hall–Kier alpha value is -1.42. The van der Waals surface area contributed by atoms with Crippen LogP contribution in [0.5, 0.6) is 0 Å². The fourth-order valence-corrected chi connectivity index (χ4v) is 3.35. The van der Waals surface area contributed by atoms with Crippen molar-refractivity contribution in [2.24, 2.45) is 0 Å². The minimum atomic E-state index is 0.293. The highest BCUT2D eigenvalue weighted by molar-refractivity contribution is 5.76. The summed E-state index contributed by atoms with van der Waals surface area (Å²) in [5.74, 6) is 0.293. The third-order valence-electron chi connectivity index (χ3n) is 4.35. The summed E-state index contributed by atoms with van der Waals surface area (Å²) < 4.78 is 5.75. The number of ether oxygens (including phenoxy) is 1. The van der Waals surface area contributed by atoms with Crippen LogP contribution in [0, 0.1) is 0 Å². The van der Waals surface area contributed by atoms with E-state index in [2.05, 4.69) is 9.88 Å². The molecule has 20 heavy (non-hydrogen) atoms. The minimum Gasteiger partial charge on any atom is -0.374 e. The van der Waals surface area contributed by atoms with Crippen molar-refractivity contribution in [2.45, 2.75) is 50.7 Å². The van der Waals surface area contributed by atoms with E-state index >= 15 is 0 Å². The van der Waals surface area contributed by atoms with E-state index in [1.165, 1.54) is 6.42 Å². The molecule has 4 nitrogen and oxygen atoms in total. The number of hydrogen-bond donors (Lipinski definition) is 0. The Morgan fingerprint density at radius 3 is 3.20 bits per heavy atom. The molecule has 0 unspecified atom stereocenters. The van der Waals surface area contributed by atoms with E-state index in [-0.39, 0.29) is 0 Å². The summed E-state index contributed by atoms with van der Waals surface area (Å²) in [6, 6.07) is 6.27. The van der Waals surface area contributed by atoms with Gasteiger partial charge in [0.2, 0.25) is 5.91 Å². The van der Waals surface area contributed by atoms with Gasteiger partial charge in [-0.1, -0.05) is 6.07 Å². The zero-order chi connectivity index (χ0) is 13.8. The first-order valence-electron chi connectivity index (χ1n) is 7.65. The lowest BCUT2D eigenvalue weighted by Gasteiger charge is -2.37. The molecule has 2 heterocycles. The van der Waals surface area contributed by atoms with Crippen molar-refractivity contribution in [3.63, 3.8) is 0 Å². The maximum atomic E-state index is 12.4. The van der Waals surface area contributed by atoms with Gasteiger partial charge < -0.3 is 9.64 Å². The molecular formula is C16H22N2O2. The predicted octanol–water partition coefficient (Wildman–Crippen LogP) is 2.18. The van der Waals surface area contributed by atoms with Gasteiger partial charge in [0, 0.05) is 24.9 Å². The number of nitrogens with zero attached hydrogens (tertiary/aromatic N) is 2. The van der Waals surface area contributed by atoms with Gasteiger partial charge >= 0.3 is 0 Å². The van der Waals surface area contributed by atoms with Gasteiger partial charge in [0.25, 0.3) is 0 Å². The van der Waals surface area contributed by atoms with Crippen molar-refractivity contribution >= 4 is 5.91 Å². The standard InChI is InChI=1S/C16H22N2O2/c19-16(9-3-6-13-5-1-2-10-17-13)18-11-12-20-15-8-4-7-14(15)18/h1-2,5,10,14-15H,3-4,6-9,11-12H2/t14-,15-/m0/s1. The SMILES string of the molecule is O=C(CCCc1ccccn1)N1CCO[C@H]2CCC[C@@H]21. The lowest BCUT2D eigenvalue weighted by atomic mass is 10.1. The molecule has 0 N–H and O–H groups in total. The normalized spacial score (nSPS) is 25.5. The molecule has 2 aliphatic rings. The summed E-state index contributed by atoms with van der Waals surface area (Å²) in [7, 11) is 0. The zero-order valence-electron chi connectivity index (χ0n) is 11.8. The number of rotatable bonds is 4. The molecule has 1 saturated carbocycles. The molecule has 1 amide bonds. The van der Waals surface area contributed by atoms with Gasteiger partial charge in [-0.05, 0) is 44.2 Å². The van der Waals surface area contributed by atoms with Crippen LogP contribution in [-0.2, 0) is 16.0 Å². The second-order valence-corrected chi connectivity index (χ2v) is 5.67. The van der Waals surface area contributed by atoms with Crippen LogP contribution in [0.25, 0.3) is 0 Å². The molecule has 2 fully saturated rings. The number of aryl methyl sites for hydroxylation is 1. The fourth-order valence-electron chi connectivity index (χ4n) is 3.35. The van der Waals surface area contributed by atoms with Gasteiger partial charge in [0.05, 0.1) is 18.8 Å². The van der Waals surface area contributed by atoms with Crippen LogP contribution in [0.2, 0.25) is 0 Å². The molecule has 4 heteroatoms. The van der Waals surface area contributed by atoms with Crippen molar-refractivity contribution < 1.29 is 9.53 Å². The van der Waals surface area contributed by atoms with E-state index < -0.39 is 0 Å². The van der Waals surface area contributed by atoms with Crippen LogP contribution in [0.1, 0.15) is 37.8 Å². The van der Waals surface area contributed by atoms with Crippen molar-refractivity contribution in [3.8, 4) is 0 Å². The van der Waals surface area contributed by atoms with Gasteiger partial charge in [-0.25, -0.2) is 0 Å². The quantitative estimate of drug-likeness (QED) is 0.845. The van der Waals surface area contributed by atoms with Crippen molar-refractivity contribution in [1.29, 1.82) is 0 Å². The average Bonchev–Trinajstić information content (AvgIpc) is 2.96. The monoisotopic (exact) mass is 274 g/mol. The third kappa shape index (κ3) is 3.01. The van der Waals surface area contributed by atoms with Crippen LogP contribution >= 0.6 is 0 Å². The average molecular weight is 274 g/mol. The van der Waals surface area contributed by atoms with Crippen LogP contribution in [0.15, 0.2) is 24.4 Å². The van der Waals surface area contributed by atoms with Crippen LogP contribution in [-0.4, -0.2) is 41.1 Å². The van der Waals surface area contributed by atoms with E-state index in [0.29, 0.717) is 31.1 Å². The number of fused-ring (bicyclic) bond motifs is 1. The third-order valence-corrected chi connectivity index (χ3v) is 4.35. The number of pyridine rings is 1. The Balaban J connectivity index is 1.49. The number of hydrogen-bond acceptors (Lipinski definition) is 3. The smallest absolute Gasteiger partial charge is 0.222 e. The zero-order valence-corrected chi connectivity index (χ0v) is 11.8. The molecule has 0 bridgehead atoms. The van der Waals surface area contributed by atoms with Crippen molar-refractivity contribution in [2.75, 3.05) is 13.2 Å². The summed E-state index contributed by atoms with van der Waals surface area (Å²) in [6.07, 6.45) is 7.90. The Kier molecular flexibility index (Phi) is 4.31. The van der Waals surface area contributed by atoms with Crippen molar-refractivity contribution in [3.05, 3.63) is 30.1 Å². The van der Waals surface area contributed by atoms with Gasteiger partial charge in [0.1, 0.15) is 0 Å². The fraction of sp³-hybridized carbons (Fsp3) is 0.625. The van der Waals surface area contributed by atoms with Crippen LogP contribution in [0.3, 0.4) is 0 Å². The number of carbonyl (C=O) groups excluding carboxylic acids is 1. The molecule has 1 aliphatic carbocycles. The summed E-state index contributed by atoms with van der Waals surface area (Å²) >= 11 is 0. The van der Waals surface area contributed by atoms with Crippen LogP contribution in [0.4, 0.5) is 0 Å². The lowest BCUT2D eigenvalue weighted by molar-refractivity contribution is -0.144. The first-order valence-corrected chi connectivity index (χ1v) is 7.65. The summed E-state index contributed by atoms with van der Waals surface area (Å²) in [4.78, 5) is 18.7. The summed E-state index contributed by atoms with van der Waals surface area (Å²) in [5, 5.41) is 0. The van der Waals surface area contributed by atoms with Crippen LogP contribution < -0.4 is 0 Å². The molecule has 1 aliphatic heterocycles. The predicted molar refractivity (Wildman–Crippen MR) is 76.3 cm³/mol. The van der Waals surface area contributed by atoms with Gasteiger partial charge in [-0.2, -0.15) is 0 Å². The lowest BCUT2D eigenvalue weighted by Crippen LogP contribution is -2.51. The Morgan fingerprint density at radius 1 is 1.40 bits per heavy atom. The summed E-state index contributed by atoms with van der Waals surface area (Å²) in [5.41, 5.74) is 1.07. The van der Waals surface area contributed by atoms with Gasteiger partial charge in [0.15, 0.2) is 0 Å². The molecule has 2 atom stereocenters. The van der Waals surface area contributed by atoms with Crippen molar-refractivity contribution in [1.82, 2.24) is 9.88 Å². The molecule has 108 valence electrons. The number of morpholine rings is 1. The minimum absolute atomic E-state index is 0.293. The highest BCUT2D eigenvalue weighted by Crippen LogP contribution is 2.30. The largest absolute Gasteiger partial charge is 0.374 e. The van der Waals surface area contributed by atoms with E-state index in [1.807, 2.05) is 24.4 Å². The topological polar surface area (TPSA) is 42.4 Å². The van der Waals surface area contributed by atoms with Gasteiger partial charge in [-0.15, -0.1) is 0 Å². The molecule has 1 aromatic heterocycles. The molecule has 1 saturated heterocycles. The Bertz CT molecular complexity index is 449. The maximum Gasteiger partial charge on any atom is 0.222 e. The molecule has 0 radical (unpaired) electrons. The van der Waals surface area contributed by atoms with Gasteiger partial charge in [-0.3, -0.25) is 9.78 Å². The Labute approximate surface area is 120 Å². The van der Waals surface area contributed by atoms with E-state index in [1.54, 1.807) is 0 Å². The molecule has 1 aromatic rings. The second kappa shape index (κ2) is 6.35. The molecule has 3 rings (SSSR count). The van der Waals surface area contributed by atoms with E-state index in [0.717, 1.165) is 37.9 Å². The first kappa shape index (κ1) is 13.6. The Morgan fingerprint density at radius 2 is 2.35 bits per heavy atom. The van der Waals surface area contributed by atoms with E-state index in [9.17, 15) is 4.79 Å². The first-order chi connectivity index (χ1) is 9.84. The molecule has 0 spiro atoms. The second-order valence-electron chi connectivity index (χ2n) is 5.67. The van der Waals surface area contributed by atoms with E-state index in [4.69, 9.17) is 4.74 Å².